The van der Waals surface area contributed by atoms with Crippen LogP contribution >= 0.6 is 0 Å². The number of hydrogen-bond acceptors (Lipinski definition) is 6. The predicted molar refractivity (Wildman–Crippen MR) is 135 cm³/mol. The Morgan fingerprint density at radius 1 is 0.676 bits per heavy atom. The molecule has 5 rings (SSSR count). The lowest BCUT2D eigenvalue weighted by atomic mass is 10.1. The summed E-state index contributed by atoms with van der Waals surface area (Å²) in [5, 5.41) is 0.161. The van der Waals surface area contributed by atoms with Crippen molar-refractivity contribution in [2.45, 2.75) is 6.18 Å². The van der Waals surface area contributed by atoms with Crippen molar-refractivity contribution in [3.8, 4) is 34.3 Å². The molecule has 4 N–H and O–H groups in total. The van der Waals surface area contributed by atoms with Crippen molar-refractivity contribution in [2.24, 2.45) is 0 Å². The van der Waals surface area contributed by atoms with Crippen LogP contribution in [0.2, 0.25) is 0 Å². The molecule has 4 aromatic carbocycles. The van der Waals surface area contributed by atoms with E-state index in [9.17, 15) is 18.0 Å². The zero-order valence-corrected chi connectivity index (χ0v) is 19.1. The highest BCUT2D eigenvalue weighted by Crippen LogP contribution is 2.37. The van der Waals surface area contributed by atoms with E-state index in [4.69, 9.17) is 25.4 Å². The number of rotatable bonds is 5. The molecule has 0 atom stereocenters. The van der Waals surface area contributed by atoms with Crippen molar-refractivity contribution in [3.05, 3.63) is 107 Å². The molecule has 0 aliphatic carbocycles. The number of alkyl halides is 3. The van der Waals surface area contributed by atoms with E-state index in [1.165, 1.54) is 24.3 Å². The number of benzene rings is 4. The first-order chi connectivity index (χ1) is 17.7. The molecule has 0 saturated carbocycles. The molecule has 6 nitrogen and oxygen atoms in total. The molecule has 9 heteroatoms. The molecule has 0 radical (unpaired) electrons. The number of nitrogen functional groups attached to an aromatic ring is 2. The monoisotopic (exact) mass is 504 g/mol. The van der Waals surface area contributed by atoms with E-state index in [0.29, 0.717) is 34.2 Å². The average Bonchev–Trinajstić information content (AvgIpc) is 2.87. The van der Waals surface area contributed by atoms with Gasteiger partial charge in [0.1, 0.15) is 23.0 Å². The smallest absolute Gasteiger partial charge is 0.416 e. The highest BCUT2D eigenvalue weighted by atomic mass is 19.4. The summed E-state index contributed by atoms with van der Waals surface area (Å²) < 4.78 is 56.9. The Morgan fingerprint density at radius 2 is 1.24 bits per heavy atom. The summed E-state index contributed by atoms with van der Waals surface area (Å²) in [6, 6.07) is 21.9. The molecule has 0 spiro atoms. The number of fused-ring (bicyclic) bond motifs is 1. The normalized spacial score (nSPS) is 11.4. The highest BCUT2D eigenvalue weighted by molar-refractivity contribution is 5.86. The van der Waals surface area contributed by atoms with Crippen LogP contribution in [0.4, 0.5) is 24.5 Å². The maximum atomic E-state index is 13.1. The second kappa shape index (κ2) is 9.27. The molecule has 0 aliphatic rings. The van der Waals surface area contributed by atoms with Gasteiger partial charge in [0, 0.05) is 29.1 Å². The molecule has 1 aromatic heterocycles. The zero-order chi connectivity index (χ0) is 26.2. The van der Waals surface area contributed by atoms with Gasteiger partial charge in [-0.25, -0.2) is 0 Å². The second-order valence-corrected chi connectivity index (χ2v) is 8.19. The van der Waals surface area contributed by atoms with Gasteiger partial charge in [-0.05, 0) is 66.7 Å². The topological polar surface area (TPSA) is 101 Å². The van der Waals surface area contributed by atoms with Crippen molar-refractivity contribution < 1.29 is 27.1 Å². The predicted octanol–water partition coefficient (Wildman–Crippen LogP) is 7.23. The third kappa shape index (κ3) is 5.20. The summed E-state index contributed by atoms with van der Waals surface area (Å²) in [5.74, 6) is 1.46. The van der Waals surface area contributed by atoms with Crippen LogP contribution in [0.3, 0.4) is 0 Å². The zero-order valence-electron chi connectivity index (χ0n) is 19.1. The Balaban J connectivity index is 1.62. The maximum Gasteiger partial charge on any atom is 0.416 e. The summed E-state index contributed by atoms with van der Waals surface area (Å²) in [5.41, 5.74) is 11.8. The van der Waals surface area contributed by atoms with Crippen molar-refractivity contribution in [2.75, 3.05) is 11.5 Å². The maximum absolute atomic E-state index is 13.1. The van der Waals surface area contributed by atoms with Crippen LogP contribution in [-0.4, -0.2) is 0 Å². The first kappa shape index (κ1) is 23.8. The number of hydrogen-bond donors (Lipinski definition) is 2. The Hall–Kier alpha value is -4.92. The number of anilines is 2. The summed E-state index contributed by atoms with van der Waals surface area (Å²) in [6.45, 7) is 0. The van der Waals surface area contributed by atoms with Gasteiger partial charge < -0.3 is 25.4 Å². The minimum absolute atomic E-state index is 0.0839. The fourth-order valence-corrected chi connectivity index (χ4v) is 3.64. The van der Waals surface area contributed by atoms with Crippen molar-refractivity contribution >= 4 is 22.3 Å². The second-order valence-electron chi connectivity index (χ2n) is 8.19. The quantitative estimate of drug-likeness (QED) is 0.245. The van der Waals surface area contributed by atoms with Crippen LogP contribution in [-0.2, 0) is 6.18 Å². The number of halogens is 3. The van der Waals surface area contributed by atoms with Crippen LogP contribution in [0.15, 0.2) is 100 Å². The van der Waals surface area contributed by atoms with Gasteiger partial charge in [-0.3, -0.25) is 4.79 Å². The van der Waals surface area contributed by atoms with Crippen LogP contribution < -0.4 is 26.4 Å². The molecule has 37 heavy (non-hydrogen) atoms. The first-order valence-corrected chi connectivity index (χ1v) is 11.0. The van der Waals surface area contributed by atoms with Crippen LogP contribution in [0, 0.1) is 0 Å². The third-order valence-corrected chi connectivity index (χ3v) is 5.49. The van der Waals surface area contributed by atoms with E-state index in [-0.39, 0.29) is 22.5 Å². The fraction of sp³-hybridized carbons (Fsp3) is 0.0357. The first-order valence-electron chi connectivity index (χ1n) is 11.0. The van der Waals surface area contributed by atoms with Gasteiger partial charge in [0.2, 0.25) is 0 Å². The molecule has 5 aromatic rings. The van der Waals surface area contributed by atoms with Crippen LogP contribution in [0.1, 0.15) is 5.56 Å². The van der Waals surface area contributed by atoms with E-state index in [0.717, 1.165) is 12.1 Å². The van der Waals surface area contributed by atoms with Gasteiger partial charge >= 0.3 is 6.18 Å². The Morgan fingerprint density at radius 3 is 1.81 bits per heavy atom. The van der Waals surface area contributed by atoms with E-state index in [2.05, 4.69) is 0 Å². The van der Waals surface area contributed by atoms with E-state index < -0.39 is 17.2 Å². The van der Waals surface area contributed by atoms with Gasteiger partial charge in [-0.1, -0.05) is 12.1 Å². The summed E-state index contributed by atoms with van der Waals surface area (Å²) in [7, 11) is 0. The standard InChI is InChI=1S/C28H19F3N2O4/c29-28(30,31)17-3-1-16(2-4-17)25-15-24(34)23-13-22(35-20-9-5-18(32)6-10-20)14-26(27(23)37-25)36-21-11-7-19(33)8-12-21/h1-15H,32-33H2. The molecule has 1 heterocycles. The summed E-state index contributed by atoms with van der Waals surface area (Å²) in [6.07, 6.45) is -4.48. The lowest BCUT2D eigenvalue weighted by Gasteiger charge is -2.13. The Bertz CT molecular complexity index is 1630. The largest absolute Gasteiger partial charge is 0.457 e. The lowest BCUT2D eigenvalue weighted by molar-refractivity contribution is -0.137. The number of nitrogens with two attached hydrogens (primary N) is 2. The molecule has 0 fully saturated rings. The molecule has 0 bridgehead atoms. The Labute approximate surface area is 208 Å². The summed E-state index contributed by atoms with van der Waals surface area (Å²) in [4.78, 5) is 13.1. The van der Waals surface area contributed by atoms with Gasteiger partial charge in [0.15, 0.2) is 16.8 Å². The third-order valence-electron chi connectivity index (χ3n) is 5.49. The Kier molecular flexibility index (Phi) is 5.96. The minimum Gasteiger partial charge on any atom is -0.457 e. The van der Waals surface area contributed by atoms with Crippen LogP contribution in [0.25, 0.3) is 22.3 Å². The SMILES string of the molecule is Nc1ccc(Oc2cc(Oc3ccc(N)cc3)c3oc(-c4ccc(C(F)(F)F)cc4)cc(=O)c3c2)cc1. The molecule has 0 saturated heterocycles. The van der Waals surface area contributed by atoms with E-state index >= 15 is 0 Å². The molecular formula is C28H19F3N2O4. The minimum atomic E-state index is -4.48. The lowest BCUT2D eigenvalue weighted by Crippen LogP contribution is -2.04. The van der Waals surface area contributed by atoms with Gasteiger partial charge in [0.25, 0.3) is 0 Å². The molecule has 186 valence electrons. The fourth-order valence-electron chi connectivity index (χ4n) is 3.64. The van der Waals surface area contributed by atoms with Gasteiger partial charge in [0.05, 0.1) is 10.9 Å². The number of ether oxygens (including phenoxy) is 2. The average molecular weight is 504 g/mol. The summed E-state index contributed by atoms with van der Waals surface area (Å²) >= 11 is 0. The van der Waals surface area contributed by atoms with Crippen molar-refractivity contribution in [3.63, 3.8) is 0 Å². The molecule has 0 aliphatic heterocycles. The molecule has 0 amide bonds. The molecular weight excluding hydrogens is 485 g/mol. The van der Waals surface area contributed by atoms with Crippen molar-refractivity contribution in [1.29, 1.82) is 0 Å². The van der Waals surface area contributed by atoms with Gasteiger partial charge in [-0.2, -0.15) is 13.2 Å². The van der Waals surface area contributed by atoms with E-state index in [1.807, 2.05) is 0 Å². The van der Waals surface area contributed by atoms with Crippen molar-refractivity contribution in [1.82, 2.24) is 0 Å². The highest BCUT2D eigenvalue weighted by Gasteiger charge is 2.30. The van der Waals surface area contributed by atoms with Crippen LogP contribution in [0.5, 0.6) is 23.0 Å². The molecule has 0 unspecified atom stereocenters. The van der Waals surface area contributed by atoms with Gasteiger partial charge in [-0.15, -0.1) is 0 Å². The van der Waals surface area contributed by atoms with E-state index in [1.54, 1.807) is 54.6 Å².